The number of fused-ring (bicyclic) bond motifs is 6. The summed E-state index contributed by atoms with van der Waals surface area (Å²) >= 11 is 0. The van der Waals surface area contributed by atoms with Gasteiger partial charge >= 0.3 is 0 Å². The number of Topliss-reactive ketones (excluding diaryl/α,β-unsaturated/α-hetero) is 1. The molecule has 0 aromatic heterocycles. The Hall–Kier alpha value is -5.09. The Kier molecular flexibility index (Phi) is 25.0. The van der Waals surface area contributed by atoms with Gasteiger partial charge in [-0.15, -0.1) is 0 Å². The monoisotopic (exact) mass is 1370 g/mol. The van der Waals surface area contributed by atoms with Crippen LogP contribution in [0.2, 0.25) is 0 Å². The van der Waals surface area contributed by atoms with E-state index in [2.05, 4.69) is 138 Å². The molecule has 0 bridgehead atoms. The molecule has 4 amide bonds. The van der Waals surface area contributed by atoms with Crippen molar-refractivity contribution in [3.8, 4) is 0 Å². The van der Waals surface area contributed by atoms with Crippen molar-refractivity contribution in [2.45, 2.75) is 277 Å². The highest BCUT2D eigenvalue weighted by molar-refractivity contribution is 5.88. The molecular weight excluding hydrogens is 1240 g/mol. The molecule has 5 atom stereocenters. The Balaban J connectivity index is 0.000000191. The Morgan fingerprint density at radius 2 is 1.05 bits per heavy atom. The summed E-state index contributed by atoms with van der Waals surface area (Å²) in [5.41, 5.74) is 8.48. The van der Waals surface area contributed by atoms with Gasteiger partial charge in [0.25, 0.3) is 0 Å². The van der Waals surface area contributed by atoms with Crippen LogP contribution in [-0.4, -0.2) is 145 Å². The number of benzene rings is 3. The van der Waals surface area contributed by atoms with E-state index in [1.54, 1.807) is 17.0 Å². The predicted molar refractivity (Wildman–Crippen MR) is 397 cm³/mol. The molecule has 0 radical (unpaired) electrons. The van der Waals surface area contributed by atoms with Gasteiger partial charge in [-0.3, -0.25) is 24.0 Å². The second-order valence-electron chi connectivity index (χ2n) is 36.1. The van der Waals surface area contributed by atoms with Crippen molar-refractivity contribution >= 4 is 29.4 Å². The number of halogens is 2. The Labute approximate surface area is 598 Å². The summed E-state index contributed by atoms with van der Waals surface area (Å²) in [5.74, 6) is 0.228. The van der Waals surface area contributed by atoms with E-state index in [-0.39, 0.29) is 89.8 Å². The van der Waals surface area contributed by atoms with Crippen LogP contribution in [0.4, 0.5) is 8.78 Å². The Bertz CT molecular complexity index is 3260. The predicted octanol–water partition coefficient (Wildman–Crippen LogP) is 16.7. The summed E-state index contributed by atoms with van der Waals surface area (Å²) in [7, 11) is 0. The second kappa shape index (κ2) is 32.3. The highest BCUT2D eigenvalue weighted by Gasteiger charge is 2.48. The van der Waals surface area contributed by atoms with Gasteiger partial charge in [-0.25, -0.2) is 8.78 Å². The number of hydrogen-bond acceptors (Lipinski definition) is 9. The molecule has 2 unspecified atom stereocenters. The summed E-state index contributed by atoms with van der Waals surface area (Å²) in [6, 6.07) is 19.4. The number of nitrogens with zero attached hydrogens (tertiary/aromatic N) is 5. The highest BCUT2D eigenvalue weighted by Crippen LogP contribution is 2.53. The third-order valence-corrected chi connectivity index (χ3v) is 24.9. The van der Waals surface area contributed by atoms with E-state index < -0.39 is 0 Å². The van der Waals surface area contributed by atoms with Crippen molar-refractivity contribution in [3.63, 3.8) is 0 Å². The standard InChI is InChI=1S/C30H48N2O2.C27H40FN3O2.C27H39FN2O2.2H2/c1-7-32(27(33)23-13-21-34-29(5,6)22-23)26-12-14-30(25-11-9-8-10-24(25)26)16-19-31(20-17-30)18-15-28(2,3)4;1-26(2,3)11-16-30-17-12-27(13-18-30)10-8-23(21-7-6-20(28)19-22(21)27)29-24(32)9-15-31-14-4-5-25(31)33;1-26(2,3)11-14-30-15-12-27(13-16-30)10-9-23(21-8-7-20(28)18-22(21)27)29-25(32)17-19-5-4-6-24(19)31;;/h8-11,23,26H,7,12-22H2,1-6H3;6-7,19,23H,4-5,8-18H2,1-3H3,(H,29,32);7-8,18-19,23H,4-6,9-17H2,1-3H3,(H,29,32);2*1H/t23?,26-;23-;19?,23-;;/m010../s1. The normalized spacial score (nSPS) is 25.2. The number of hydrogen-bond donors (Lipinski definition) is 2. The first-order chi connectivity index (χ1) is 46.8. The van der Waals surface area contributed by atoms with E-state index in [1.165, 1.54) is 81.4 Å². The van der Waals surface area contributed by atoms with E-state index >= 15 is 0 Å². The van der Waals surface area contributed by atoms with Gasteiger partial charge in [0.1, 0.15) is 17.4 Å². The minimum absolute atomic E-state index is 0. The highest BCUT2D eigenvalue weighted by atomic mass is 19.1. The van der Waals surface area contributed by atoms with Crippen molar-refractivity contribution in [1.82, 2.24) is 35.1 Å². The number of piperidine rings is 3. The molecule has 5 heterocycles. The summed E-state index contributed by atoms with van der Waals surface area (Å²) in [5, 5.41) is 6.38. The fourth-order valence-electron chi connectivity index (χ4n) is 18.5. The topological polar surface area (TPSA) is 135 Å². The summed E-state index contributed by atoms with van der Waals surface area (Å²) in [6.45, 7) is 39.9. The van der Waals surface area contributed by atoms with Crippen LogP contribution in [0.5, 0.6) is 0 Å². The number of carbonyl (C=O) groups excluding carboxylic acids is 5. The third-order valence-electron chi connectivity index (χ3n) is 24.9. The first-order valence-electron chi connectivity index (χ1n) is 39.0. The Morgan fingerprint density at radius 3 is 1.51 bits per heavy atom. The van der Waals surface area contributed by atoms with Gasteiger partial charge in [0.2, 0.25) is 23.6 Å². The molecule has 552 valence electrons. The molecule has 15 heteroatoms. The maximum atomic E-state index is 14.3. The molecule has 99 heavy (non-hydrogen) atoms. The fraction of sp³-hybridized carbons (Fsp3) is 0.726. The molecular formula is C84H131F2N7O6. The lowest BCUT2D eigenvalue weighted by Gasteiger charge is -2.49. The zero-order valence-corrected chi connectivity index (χ0v) is 63.3. The smallest absolute Gasteiger partial charge is 0.226 e. The molecule has 4 aliphatic carbocycles. The van der Waals surface area contributed by atoms with E-state index in [1.807, 2.05) is 12.1 Å². The summed E-state index contributed by atoms with van der Waals surface area (Å²) in [6.07, 6.45) is 22.4. The maximum absolute atomic E-state index is 14.3. The quantitative estimate of drug-likeness (QED) is 0.144. The van der Waals surface area contributed by atoms with Crippen molar-refractivity contribution in [2.24, 2.45) is 28.1 Å². The first kappa shape index (κ1) is 76.5. The van der Waals surface area contributed by atoms with Crippen LogP contribution in [0.25, 0.3) is 0 Å². The number of amides is 4. The molecule has 12 rings (SSSR count). The van der Waals surface area contributed by atoms with Crippen LogP contribution in [0, 0.1) is 39.7 Å². The van der Waals surface area contributed by atoms with Crippen molar-refractivity contribution in [3.05, 3.63) is 106 Å². The molecule has 9 aliphatic rings. The van der Waals surface area contributed by atoms with Crippen molar-refractivity contribution < 1.29 is 40.3 Å². The van der Waals surface area contributed by atoms with E-state index in [9.17, 15) is 32.8 Å². The van der Waals surface area contributed by atoms with E-state index in [0.29, 0.717) is 61.0 Å². The van der Waals surface area contributed by atoms with Crippen LogP contribution >= 0.6 is 0 Å². The van der Waals surface area contributed by atoms with Crippen LogP contribution in [-0.2, 0) is 45.0 Å². The van der Waals surface area contributed by atoms with E-state index in [0.717, 1.165) is 165 Å². The summed E-state index contributed by atoms with van der Waals surface area (Å²) < 4.78 is 34.6. The van der Waals surface area contributed by atoms with Crippen LogP contribution in [0.1, 0.15) is 292 Å². The average molecular weight is 1370 g/mol. The molecule has 3 aromatic carbocycles. The number of rotatable bonds is 16. The number of nitrogens with one attached hydrogen (secondary N) is 2. The van der Waals surface area contributed by atoms with Gasteiger partial charge in [0.15, 0.2) is 0 Å². The number of likely N-dealkylation sites (tertiary alicyclic amines) is 4. The maximum Gasteiger partial charge on any atom is 0.226 e. The second-order valence-corrected chi connectivity index (χ2v) is 36.1. The molecule has 13 nitrogen and oxygen atoms in total. The minimum Gasteiger partial charge on any atom is -0.376 e. The number of ether oxygens (including phenoxy) is 1. The summed E-state index contributed by atoms with van der Waals surface area (Å²) in [4.78, 5) is 74.7. The molecule has 3 aromatic rings. The Morgan fingerprint density at radius 1 is 0.566 bits per heavy atom. The van der Waals surface area contributed by atoms with Gasteiger partial charge in [0, 0.05) is 66.6 Å². The van der Waals surface area contributed by atoms with Gasteiger partial charge in [-0.1, -0.05) is 98.7 Å². The molecule has 5 aliphatic heterocycles. The van der Waals surface area contributed by atoms with Gasteiger partial charge < -0.3 is 39.9 Å². The fourth-order valence-corrected chi connectivity index (χ4v) is 18.5. The van der Waals surface area contributed by atoms with E-state index in [4.69, 9.17) is 4.74 Å². The first-order valence-corrected chi connectivity index (χ1v) is 39.0. The van der Waals surface area contributed by atoms with Crippen LogP contribution < -0.4 is 10.6 Å². The minimum atomic E-state index is -0.201. The van der Waals surface area contributed by atoms with Gasteiger partial charge in [-0.2, -0.15) is 0 Å². The molecule has 6 fully saturated rings. The third kappa shape index (κ3) is 19.8. The van der Waals surface area contributed by atoms with Crippen LogP contribution in [0.3, 0.4) is 0 Å². The molecule has 5 saturated heterocycles. The average Bonchev–Trinajstić information content (AvgIpc) is 1.46. The van der Waals surface area contributed by atoms with Gasteiger partial charge in [-0.05, 0) is 298 Å². The number of ketones is 1. The van der Waals surface area contributed by atoms with Crippen LogP contribution in [0.15, 0.2) is 60.7 Å². The SMILES string of the molecule is CC(C)(C)CCN1CCC2(CC[C@@H](NC(=O)CCN3CCCC3=O)c3ccc(F)cc32)CC1.CC(C)(C)CCN1CCC2(CC[C@H](NC(=O)CC3CCCC3=O)c3ccc(F)cc32)CC1.CCN(C(=O)C1CCOC(C)(C)C1)[C@H]1CCC2(CCN(CCC(C)(C)C)CC2)c2ccccc21.[HH].[HH]. The van der Waals surface area contributed by atoms with Gasteiger partial charge in [0.05, 0.1) is 23.7 Å². The zero-order chi connectivity index (χ0) is 71.1. The zero-order valence-electron chi connectivity index (χ0n) is 63.3. The van der Waals surface area contributed by atoms with Crippen molar-refractivity contribution in [2.75, 3.05) is 85.1 Å². The van der Waals surface area contributed by atoms with Crippen molar-refractivity contribution in [1.29, 1.82) is 0 Å². The number of carbonyl (C=O) groups is 5. The lowest BCUT2D eigenvalue weighted by atomic mass is 9.63. The molecule has 1 saturated carbocycles. The lowest BCUT2D eigenvalue weighted by Crippen LogP contribution is -2.49. The largest absolute Gasteiger partial charge is 0.376 e. The molecule has 3 spiro atoms. The lowest BCUT2D eigenvalue weighted by molar-refractivity contribution is -0.148. The molecule has 2 N–H and O–H groups in total.